The van der Waals surface area contributed by atoms with Crippen LogP contribution in [0.2, 0.25) is 0 Å². The summed E-state index contributed by atoms with van der Waals surface area (Å²) in [5.41, 5.74) is 6.33. The minimum Gasteiger partial charge on any atom is -0.349 e. The molecule has 0 atom stereocenters. The molecule has 0 bridgehead atoms. The van der Waals surface area contributed by atoms with Gasteiger partial charge in [0.05, 0.1) is 11.4 Å². The molecule has 176 valence electrons. The van der Waals surface area contributed by atoms with Crippen LogP contribution in [-0.4, -0.2) is 27.6 Å². The van der Waals surface area contributed by atoms with E-state index in [2.05, 4.69) is 9.72 Å². The minimum absolute atomic E-state index is 0.0440. The summed E-state index contributed by atoms with van der Waals surface area (Å²) < 4.78 is 17.0. The van der Waals surface area contributed by atoms with Crippen LogP contribution in [0.3, 0.4) is 0 Å². The summed E-state index contributed by atoms with van der Waals surface area (Å²) in [5, 5.41) is 3.01. The number of aryl methyl sites for hydroxylation is 1. The SMILES string of the molecule is Cc1ccc(-c2ccccc2-c2nc3cc(C(=O)NC4CC(C=O)C4)ccn3c2C2CC2)c(F)c1. The summed E-state index contributed by atoms with van der Waals surface area (Å²) in [7, 11) is 0. The van der Waals surface area contributed by atoms with E-state index in [1.807, 2.05) is 61.7 Å². The summed E-state index contributed by atoms with van der Waals surface area (Å²) in [6.07, 6.45) is 6.44. The van der Waals surface area contributed by atoms with Gasteiger partial charge in [-0.25, -0.2) is 9.37 Å². The van der Waals surface area contributed by atoms with Crippen molar-refractivity contribution in [3.63, 3.8) is 0 Å². The lowest BCUT2D eigenvalue weighted by Gasteiger charge is -2.32. The molecule has 2 aliphatic carbocycles. The van der Waals surface area contributed by atoms with Crippen molar-refractivity contribution in [2.75, 3.05) is 0 Å². The van der Waals surface area contributed by atoms with Gasteiger partial charge in [-0.05, 0) is 61.9 Å². The number of halogens is 1. The molecule has 6 heteroatoms. The van der Waals surface area contributed by atoms with Crippen molar-refractivity contribution in [1.82, 2.24) is 14.7 Å². The fourth-order valence-electron chi connectivity index (χ4n) is 5.07. The van der Waals surface area contributed by atoms with Crippen molar-refractivity contribution < 1.29 is 14.0 Å². The highest BCUT2D eigenvalue weighted by Crippen LogP contribution is 2.46. The maximum atomic E-state index is 14.9. The van der Waals surface area contributed by atoms with E-state index in [1.54, 1.807) is 6.07 Å². The van der Waals surface area contributed by atoms with Crippen LogP contribution in [0.25, 0.3) is 28.0 Å². The molecule has 2 saturated carbocycles. The number of carbonyl (C=O) groups excluding carboxylic acids is 2. The van der Waals surface area contributed by atoms with E-state index in [4.69, 9.17) is 4.98 Å². The van der Waals surface area contributed by atoms with Crippen LogP contribution in [0.5, 0.6) is 0 Å². The maximum absolute atomic E-state index is 14.9. The number of nitrogens with one attached hydrogen (secondary N) is 1. The fraction of sp³-hybridized carbons (Fsp3) is 0.276. The number of carbonyl (C=O) groups is 2. The smallest absolute Gasteiger partial charge is 0.251 e. The van der Waals surface area contributed by atoms with Gasteiger partial charge in [0, 0.05) is 40.8 Å². The molecule has 1 amide bonds. The zero-order chi connectivity index (χ0) is 24.1. The second-order valence-electron chi connectivity index (χ2n) is 9.83. The number of amides is 1. The Morgan fingerprint density at radius 2 is 1.83 bits per heavy atom. The Kier molecular flexibility index (Phi) is 5.24. The number of hydrogen-bond donors (Lipinski definition) is 1. The molecule has 2 aromatic carbocycles. The standard InChI is InChI=1S/C29H26FN3O2/c1-17-6-9-23(25(30)12-17)22-4-2-3-5-24(22)27-28(19-7-8-19)33-11-10-20(15-26(33)32-27)29(35)31-21-13-18(14-21)16-34/h2-6,9-12,15-16,18-19,21H,7-8,13-14H2,1H3,(H,31,35). The van der Waals surface area contributed by atoms with Gasteiger partial charge in [0.25, 0.3) is 5.91 Å². The Balaban J connectivity index is 1.41. The van der Waals surface area contributed by atoms with E-state index in [-0.39, 0.29) is 23.7 Å². The van der Waals surface area contributed by atoms with Crippen molar-refractivity contribution in [2.45, 2.75) is 44.6 Å². The molecule has 0 aliphatic heterocycles. The predicted octanol–water partition coefficient (Wildman–Crippen LogP) is 5.70. The number of hydrogen-bond acceptors (Lipinski definition) is 3. The van der Waals surface area contributed by atoms with Crippen LogP contribution >= 0.6 is 0 Å². The zero-order valence-corrected chi connectivity index (χ0v) is 19.5. The Morgan fingerprint density at radius 1 is 1.06 bits per heavy atom. The molecular formula is C29H26FN3O2. The average molecular weight is 468 g/mol. The number of aldehydes is 1. The molecule has 2 aromatic heterocycles. The lowest BCUT2D eigenvalue weighted by Crippen LogP contribution is -2.44. The Bertz CT molecular complexity index is 1460. The molecule has 0 spiro atoms. The summed E-state index contributed by atoms with van der Waals surface area (Å²) in [6, 6.07) is 16.8. The number of imidazole rings is 1. The van der Waals surface area contributed by atoms with Crippen LogP contribution in [0.1, 0.15) is 53.2 Å². The van der Waals surface area contributed by atoms with Gasteiger partial charge in [-0.3, -0.25) is 4.79 Å². The fourth-order valence-corrected chi connectivity index (χ4v) is 5.07. The normalized spacial score (nSPS) is 19.4. The van der Waals surface area contributed by atoms with Crippen molar-refractivity contribution in [1.29, 1.82) is 0 Å². The molecule has 2 aliphatic rings. The van der Waals surface area contributed by atoms with Crippen molar-refractivity contribution in [3.8, 4) is 22.4 Å². The highest BCUT2D eigenvalue weighted by atomic mass is 19.1. The zero-order valence-electron chi connectivity index (χ0n) is 19.5. The lowest BCUT2D eigenvalue weighted by molar-refractivity contribution is -0.113. The number of rotatable bonds is 6. The highest BCUT2D eigenvalue weighted by molar-refractivity contribution is 5.95. The van der Waals surface area contributed by atoms with Crippen LogP contribution < -0.4 is 5.32 Å². The third kappa shape index (κ3) is 3.93. The molecule has 5 nitrogen and oxygen atoms in total. The van der Waals surface area contributed by atoms with E-state index in [0.717, 1.165) is 47.2 Å². The van der Waals surface area contributed by atoms with Gasteiger partial charge >= 0.3 is 0 Å². The van der Waals surface area contributed by atoms with E-state index < -0.39 is 0 Å². The summed E-state index contributed by atoms with van der Waals surface area (Å²) >= 11 is 0. The largest absolute Gasteiger partial charge is 0.349 e. The predicted molar refractivity (Wildman–Crippen MR) is 133 cm³/mol. The van der Waals surface area contributed by atoms with Crippen molar-refractivity contribution in [2.24, 2.45) is 5.92 Å². The number of benzene rings is 2. The van der Waals surface area contributed by atoms with E-state index in [1.165, 1.54) is 0 Å². The van der Waals surface area contributed by atoms with E-state index in [9.17, 15) is 14.0 Å². The molecule has 1 N–H and O–H groups in total. The molecule has 2 fully saturated rings. The first-order valence-electron chi connectivity index (χ1n) is 12.2. The monoisotopic (exact) mass is 467 g/mol. The third-order valence-corrected chi connectivity index (χ3v) is 7.19. The third-order valence-electron chi connectivity index (χ3n) is 7.19. The van der Waals surface area contributed by atoms with Gasteiger partial charge in [0.15, 0.2) is 0 Å². The number of fused-ring (bicyclic) bond motifs is 1. The Labute approximate surface area is 203 Å². The molecule has 0 radical (unpaired) electrons. The molecule has 0 saturated heterocycles. The summed E-state index contributed by atoms with van der Waals surface area (Å²) in [6.45, 7) is 1.88. The van der Waals surface area contributed by atoms with Gasteiger partial charge in [-0.1, -0.05) is 36.4 Å². The minimum atomic E-state index is -0.249. The molecule has 35 heavy (non-hydrogen) atoms. The summed E-state index contributed by atoms with van der Waals surface area (Å²) in [5.74, 6) is 0.0467. The Hall–Kier alpha value is -3.80. The Morgan fingerprint density at radius 3 is 2.54 bits per heavy atom. The number of nitrogens with zero attached hydrogens (tertiary/aromatic N) is 2. The quantitative estimate of drug-likeness (QED) is 0.370. The maximum Gasteiger partial charge on any atom is 0.251 e. The number of pyridine rings is 1. The first kappa shape index (κ1) is 21.7. The topological polar surface area (TPSA) is 63.5 Å². The average Bonchev–Trinajstić information content (AvgIpc) is 3.60. The van der Waals surface area contributed by atoms with Gasteiger partial charge in [-0.2, -0.15) is 0 Å². The molecule has 6 rings (SSSR count). The van der Waals surface area contributed by atoms with Crippen LogP contribution in [-0.2, 0) is 4.79 Å². The first-order valence-corrected chi connectivity index (χ1v) is 12.2. The van der Waals surface area contributed by atoms with Gasteiger partial charge < -0.3 is 14.5 Å². The second-order valence-corrected chi connectivity index (χ2v) is 9.83. The second kappa shape index (κ2) is 8.45. The van der Waals surface area contributed by atoms with Crippen LogP contribution in [0.15, 0.2) is 60.8 Å². The van der Waals surface area contributed by atoms with Gasteiger partial charge in [0.1, 0.15) is 17.8 Å². The molecule has 4 aromatic rings. The molecule has 2 heterocycles. The first-order chi connectivity index (χ1) is 17.0. The summed E-state index contributed by atoms with van der Waals surface area (Å²) in [4.78, 5) is 28.6. The van der Waals surface area contributed by atoms with Gasteiger partial charge in [0.2, 0.25) is 0 Å². The van der Waals surface area contributed by atoms with E-state index in [0.29, 0.717) is 35.5 Å². The molecular weight excluding hydrogens is 441 g/mol. The van der Waals surface area contributed by atoms with Crippen LogP contribution in [0.4, 0.5) is 4.39 Å². The van der Waals surface area contributed by atoms with Crippen LogP contribution in [0, 0.1) is 18.7 Å². The van der Waals surface area contributed by atoms with E-state index >= 15 is 0 Å². The number of aromatic nitrogens is 2. The van der Waals surface area contributed by atoms with Gasteiger partial charge in [-0.15, -0.1) is 0 Å². The van der Waals surface area contributed by atoms with Crippen molar-refractivity contribution >= 4 is 17.8 Å². The lowest BCUT2D eigenvalue weighted by atomic mass is 9.81. The highest BCUT2D eigenvalue weighted by Gasteiger charge is 2.33. The van der Waals surface area contributed by atoms with Crippen molar-refractivity contribution in [3.05, 3.63) is 83.4 Å². The molecule has 0 unspecified atom stereocenters.